The molecule has 0 rings (SSSR count). The van der Waals surface area contributed by atoms with Gasteiger partial charge in [-0.2, -0.15) is 0 Å². The number of hydrogen-bond donors (Lipinski definition) is 1. The minimum atomic E-state index is -0.857. The molecule has 1 N–H and O–H groups in total. The molecule has 4 nitrogen and oxygen atoms in total. The van der Waals surface area contributed by atoms with Gasteiger partial charge in [0.25, 0.3) is 0 Å². The van der Waals surface area contributed by atoms with Gasteiger partial charge in [-0.25, -0.2) is 14.8 Å². The van der Waals surface area contributed by atoms with Gasteiger partial charge in [0, 0.05) is 5.75 Å². The highest BCUT2D eigenvalue weighted by atomic mass is 79.9. The van der Waals surface area contributed by atoms with Crippen molar-refractivity contribution in [1.29, 1.82) is 0 Å². The molecule has 1 unspecified atom stereocenters. The van der Waals surface area contributed by atoms with Crippen molar-refractivity contribution in [2.24, 2.45) is 0 Å². The molecule has 114 valence electrons. The molecule has 0 aromatic heterocycles. The van der Waals surface area contributed by atoms with Crippen molar-refractivity contribution in [2.75, 3.05) is 34.9 Å². The maximum Gasteiger partial charge on any atom is 0.329 e. The molecule has 0 aromatic carbocycles. The summed E-state index contributed by atoms with van der Waals surface area (Å²) < 4.78 is 5.07. The van der Waals surface area contributed by atoms with Crippen LogP contribution in [0.25, 0.3) is 0 Å². The van der Waals surface area contributed by atoms with Gasteiger partial charge in [0.15, 0.2) is 0 Å². The molecule has 0 aliphatic heterocycles. The largest absolute Gasteiger partial charge is 0.464 e. The summed E-state index contributed by atoms with van der Waals surface area (Å²) in [6.45, 7) is 8.61. The normalized spacial score (nSPS) is 13.7. The summed E-state index contributed by atoms with van der Waals surface area (Å²) in [4.78, 5) is 23.5. The third-order valence-electron chi connectivity index (χ3n) is 3.39. The predicted octanol–water partition coefficient (Wildman–Crippen LogP) is 2.29. The van der Waals surface area contributed by atoms with E-state index in [0.29, 0.717) is 12.4 Å². The van der Waals surface area contributed by atoms with E-state index in [1.807, 2.05) is 0 Å². The van der Waals surface area contributed by atoms with Crippen LogP contribution in [0.15, 0.2) is 0 Å². The van der Waals surface area contributed by atoms with Gasteiger partial charge in [0.05, 0.1) is 11.9 Å². The highest BCUT2D eigenvalue weighted by Crippen LogP contribution is 2.47. The van der Waals surface area contributed by atoms with Crippen LogP contribution in [-0.2, 0) is 14.3 Å². The van der Waals surface area contributed by atoms with E-state index in [9.17, 15) is 9.59 Å². The van der Waals surface area contributed by atoms with Crippen LogP contribution in [0.5, 0.6) is 0 Å². The lowest BCUT2D eigenvalue weighted by molar-refractivity contribution is -0.146. The molecule has 0 saturated carbocycles. The Morgan fingerprint density at radius 1 is 1.16 bits per heavy atom. The summed E-state index contributed by atoms with van der Waals surface area (Å²) in [6, 6.07) is -0.514. The SMILES string of the molecule is CCOC(=O)C(CS(CC)(CC)CC)NC(=O)CBr. The van der Waals surface area contributed by atoms with Crippen molar-refractivity contribution in [1.82, 2.24) is 5.32 Å². The standard InChI is InChI=1S/C13H26BrNO3S/c1-5-18-13(17)11(15-12(16)9-14)10-19(6-2,7-3)8-4/h11H,5-10H2,1-4H3,(H,15,16). The fourth-order valence-electron chi connectivity index (χ4n) is 1.96. The average Bonchev–Trinajstić information content (AvgIpc) is 2.43. The summed E-state index contributed by atoms with van der Waals surface area (Å²) in [7, 11) is -0.857. The van der Waals surface area contributed by atoms with E-state index in [2.05, 4.69) is 42.0 Å². The van der Waals surface area contributed by atoms with Crippen molar-refractivity contribution in [3.05, 3.63) is 0 Å². The molecule has 0 aliphatic carbocycles. The lowest BCUT2D eigenvalue weighted by Crippen LogP contribution is -2.46. The summed E-state index contributed by atoms with van der Waals surface area (Å²) in [6.07, 6.45) is 0. The molecule has 0 saturated heterocycles. The minimum absolute atomic E-state index is 0.172. The third kappa shape index (κ3) is 6.17. The van der Waals surface area contributed by atoms with Crippen LogP contribution in [-0.4, -0.2) is 52.9 Å². The number of ether oxygens (including phenoxy) is 1. The first-order valence-corrected chi connectivity index (χ1v) is 10.2. The van der Waals surface area contributed by atoms with Gasteiger partial charge >= 0.3 is 5.97 Å². The molecular formula is C13H26BrNO3S. The fraction of sp³-hybridized carbons (Fsp3) is 0.846. The second-order valence-corrected chi connectivity index (χ2v) is 9.34. The maximum absolute atomic E-state index is 12.0. The monoisotopic (exact) mass is 355 g/mol. The molecule has 0 fully saturated rings. The number of alkyl halides is 1. The minimum Gasteiger partial charge on any atom is -0.464 e. The van der Waals surface area contributed by atoms with E-state index in [-0.39, 0.29) is 17.2 Å². The van der Waals surface area contributed by atoms with E-state index >= 15 is 0 Å². The maximum atomic E-state index is 12.0. The number of hydrogen-bond acceptors (Lipinski definition) is 3. The van der Waals surface area contributed by atoms with Crippen molar-refractivity contribution < 1.29 is 14.3 Å². The molecule has 0 aliphatic rings. The van der Waals surface area contributed by atoms with Gasteiger partial charge in [0.1, 0.15) is 6.04 Å². The zero-order valence-electron chi connectivity index (χ0n) is 12.3. The van der Waals surface area contributed by atoms with Crippen LogP contribution in [0, 0.1) is 0 Å². The molecule has 0 bridgehead atoms. The summed E-state index contributed by atoms with van der Waals surface area (Å²) in [5.74, 6) is 3.44. The van der Waals surface area contributed by atoms with E-state index in [0.717, 1.165) is 17.3 Å². The first kappa shape index (κ1) is 18.8. The Bertz CT molecular complexity index is 287. The zero-order valence-corrected chi connectivity index (χ0v) is 14.7. The van der Waals surface area contributed by atoms with Gasteiger partial charge in [0.2, 0.25) is 5.91 Å². The Morgan fingerprint density at radius 2 is 1.68 bits per heavy atom. The molecular weight excluding hydrogens is 330 g/mol. The first-order valence-electron chi connectivity index (χ1n) is 6.74. The Labute approximate surface area is 126 Å². The van der Waals surface area contributed by atoms with E-state index < -0.39 is 16.1 Å². The molecule has 0 aromatic rings. The second kappa shape index (κ2) is 9.64. The van der Waals surface area contributed by atoms with Gasteiger partial charge < -0.3 is 10.1 Å². The summed E-state index contributed by atoms with van der Waals surface area (Å²) in [5, 5.41) is 2.97. The van der Waals surface area contributed by atoms with Gasteiger partial charge in [-0.15, -0.1) is 0 Å². The van der Waals surface area contributed by atoms with Crippen LogP contribution >= 0.6 is 26.0 Å². The van der Waals surface area contributed by atoms with Crippen LogP contribution < -0.4 is 5.32 Å². The van der Waals surface area contributed by atoms with E-state index in [4.69, 9.17) is 4.74 Å². The summed E-state index contributed by atoms with van der Waals surface area (Å²) in [5.41, 5.74) is 0. The van der Waals surface area contributed by atoms with Gasteiger partial charge in [-0.3, -0.25) is 4.79 Å². The number of carbonyl (C=O) groups excluding carboxylic acids is 2. The van der Waals surface area contributed by atoms with E-state index in [1.54, 1.807) is 6.92 Å². The quantitative estimate of drug-likeness (QED) is 0.509. The van der Waals surface area contributed by atoms with Crippen LogP contribution in [0.1, 0.15) is 27.7 Å². The van der Waals surface area contributed by atoms with Crippen molar-refractivity contribution in [3.63, 3.8) is 0 Å². The van der Waals surface area contributed by atoms with Crippen molar-refractivity contribution in [3.8, 4) is 0 Å². The number of esters is 1. The number of amides is 1. The number of nitrogens with one attached hydrogen (secondary N) is 1. The fourth-order valence-corrected chi connectivity index (χ4v) is 4.98. The third-order valence-corrected chi connectivity index (χ3v) is 8.61. The number of rotatable bonds is 9. The molecule has 19 heavy (non-hydrogen) atoms. The summed E-state index contributed by atoms with van der Waals surface area (Å²) >= 11 is 3.10. The Hall–Kier alpha value is -0.230. The molecule has 0 radical (unpaired) electrons. The predicted molar refractivity (Wildman–Crippen MR) is 86.4 cm³/mol. The Morgan fingerprint density at radius 3 is 2.05 bits per heavy atom. The number of carbonyl (C=O) groups is 2. The second-order valence-electron chi connectivity index (χ2n) is 4.26. The average molecular weight is 356 g/mol. The van der Waals surface area contributed by atoms with Crippen LogP contribution in [0.2, 0.25) is 0 Å². The Kier molecular flexibility index (Phi) is 9.52. The lowest BCUT2D eigenvalue weighted by Gasteiger charge is -2.39. The van der Waals surface area contributed by atoms with Gasteiger partial charge in [-0.1, -0.05) is 36.7 Å². The van der Waals surface area contributed by atoms with Gasteiger partial charge in [-0.05, 0) is 24.2 Å². The van der Waals surface area contributed by atoms with E-state index in [1.165, 1.54) is 0 Å². The highest BCUT2D eigenvalue weighted by Gasteiger charge is 2.29. The molecule has 0 heterocycles. The van der Waals surface area contributed by atoms with Crippen molar-refractivity contribution >= 4 is 37.8 Å². The lowest BCUT2D eigenvalue weighted by atomic mass is 10.3. The topological polar surface area (TPSA) is 55.4 Å². The first-order chi connectivity index (χ1) is 8.98. The molecule has 1 atom stereocenters. The number of halogens is 1. The zero-order chi connectivity index (χ0) is 14.9. The van der Waals surface area contributed by atoms with Crippen LogP contribution in [0.4, 0.5) is 0 Å². The smallest absolute Gasteiger partial charge is 0.329 e. The molecule has 0 spiro atoms. The Balaban J connectivity index is 4.91. The van der Waals surface area contributed by atoms with Crippen LogP contribution in [0.3, 0.4) is 0 Å². The molecule has 1 amide bonds. The van der Waals surface area contributed by atoms with Crippen molar-refractivity contribution in [2.45, 2.75) is 33.7 Å². The molecule has 6 heteroatoms. The highest BCUT2D eigenvalue weighted by molar-refractivity contribution is 9.09.